The Hall–Kier alpha value is -0.970. The van der Waals surface area contributed by atoms with Crippen LogP contribution in [0.25, 0.3) is 0 Å². The second-order valence-corrected chi connectivity index (χ2v) is 3.53. The van der Waals surface area contributed by atoms with Gasteiger partial charge < -0.3 is 4.74 Å². The highest BCUT2D eigenvalue weighted by molar-refractivity contribution is 5.88. The zero-order valence-corrected chi connectivity index (χ0v) is 7.52. The molecule has 0 aromatic heterocycles. The van der Waals surface area contributed by atoms with E-state index in [1.54, 1.807) is 0 Å². The van der Waals surface area contributed by atoms with Gasteiger partial charge in [0.15, 0.2) is 0 Å². The lowest BCUT2D eigenvalue weighted by Gasteiger charge is -2.12. The summed E-state index contributed by atoms with van der Waals surface area (Å²) in [6.07, 6.45) is 0.710. The van der Waals surface area contributed by atoms with Gasteiger partial charge in [-0.1, -0.05) is 26.7 Å². The minimum Gasteiger partial charge on any atom is -0.459 e. The van der Waals surface area contributed by atoms with Crippen LogP contribution in [0.2, 0.25) is 0 Å². The Balaban J connectivity index is 3.83. The highest BCUT2D eigenvalue weighted by Crippen LogP contribution is 2.16. The number of carbonyl (C=O) groups is 1. The Morgan fingerprint density at radius 3 is 2.36 bits per heavy atom. The first-order valence-electron chi connectivity index (χ1n) is 3.52. The van der Waals surface area contributed by atoms with Crippen LogP contribution in [0, 0.1) is 17.3 Å². The van der Waals surface area contributed by atoms with Crippen LogP contribution in [-0.2, 0) is 9.53 Å². The van der Waals surface area contributed by atoms with Gasteiger partial charge in [-0.05, 0) is 5.41 Å². The van der Waals surface area contributed by atoms with E-state index in [9.17, 15) is 4.79 Å². The lowest BCUT2D eigenvalue weighted by atomic mass is 9.93. The summed E-state index contributed by atoms with van der Waals surface area (Å²) in [5.41, 5.74) is 0.154. The molecule has 0 bridgehead atoms. The van der Waals surface area contributed by atoms with Gasteiger partial charge in [0.1, 0.15) is 0 Å². The lowest BCUT2D eigenvalue weighted by Crippen LogP contribution is -2.03. The third-order valence-electron chi connectivity index (χ3n) is 0.995. The van der Waals surface area contributed by atoms with Gasteiger partial charge in [0.05, 0.1) is 7.11 Å². The van der Waals surface area contributed by atoms with Crippen LogP contribution in [0.5, 0.6) is 0 Å². The summed E-state index contributed by atoms with van der Waals surface area (Å²) in [7, 11) is 1.33. The van der Waals surface area contributed by atoms with Gasteiger partial charge >= 0.3 is 5.97 Å². The smallest absolute Gasteiger partial charge is 0.384 e. The van der Waals surface area contributed by atoms with E-state index in [0.717, 1.165) is 0 Å². The Labute approximate surface area is 67.9 Å². The number of ether oxygens (including phenoxy) is 1. The molecule has 0 spiro atoms. The Bertz CT molecular complexity index is 188. The summed E-state index contributed by atoms with van der Waals surface area (Å²) in [5.74, 6) is 4.67. The second kappa shape index (κ2) is 4.02. The highest BCUT2D eigenvalue weighted by atomic mass is 16.5. The molecule has 0 aliphatic rings. The van der Waals surface area contributed by atoms with Gasteiger partial charge in [-0.15, -0.1) is 0 Å². The number of esters is 1. The fourth-order valence-corrected chi connectivity index (χ4v) is 0.433. The summed E-state index contributed by atoms with van der Waals surface area (Å²) in [5, 5.41) is 0. The molecule has 0 radical (unpaired) electrons. The molecule has 2 heteroatoms. The van der Waals surface area contributed by atoms with E-state index < -0.39 is 5.97 Å². The first-order valence-corrected chi connectivity index (χ1v) is 3.52. The standard InChI is InChI=1S/C9H14O2/c1-9(2,3)7-5-6-8(10)11-4/h7H2,1-4H3. The van der Waals surface area contributed by atoms with Crippen molar-refractivity contribution in [2.24, 2.45) is 5.41 Å². The van der Waals surface area contributed by atoms with Gasteiger partial charge in [-0.3, -0.25) is 0 Å². The number of methoxy groups -OCH3 is 1. The first kappa shape index (κ1) is 10.0. The summed E-state index contributed by atoms with van der Waals surface area (Å²) < 4.78 is 4.35. The topological polar surface area (TPSA) is 26.3 Å². The lowest BCUT2D eigenvalue weighted by molar-refractivity contribution is -0.133. The molecule has 0 fully saturated rings. The Morgan fingerprint density at radius 2 is 2.00 bits per heavy atom. The molecule has 62 valence electrons. The largest absolute Gasteiger partial charge is 0.459 e. The molecular formula is C9H14O2. The molecule has 0 aromatic carbocycles. The Kier molecular flexibility index (Phi) is 3.67. The normalized spacial score (nSPS) is 9.82. The van der Waals surface area contributed by atoms with E-state index in [1.807, 2.05) is 0 Å². The molecule has 0 rings (SSSR count). The predicted octanol–water partition coefficient (Wildman–Crippen LogP) is 1.60. The van der Waals surface area contributed by atoms with E-state index in [0.29, 0.717) is 6.42 Å². The number of hydrogen-bond donors (Lipinski definition) is 0. The van der Waals surface area contributed by atoms with Crippen molar-refractivity contribution >= 4 is 5.97 Å². The van der Waals surface area contributed by atoms with E-state index in [1.165, 1.54) is 7.11 Å². The molecule has 0 amide bonds. The fourth-order valence-electron chi connectivity index (χ4n) is 0.433. The van der Waals surface area contributed by atoms with Crippen LogP contribution in [0.1, 0.15) is 27.2 Å². The molecule has 0 saturated heterocycles. The van der Waals surface area contributed by atoms with E-state index >= 15 is 0 Å². The van der Waals surface area contributed by atoms with E-state index in [2.05, 4.69) is 37.3 Å². The van der Waals surface area contributed by atoms with Crippen LogP contribution < -0.4 is 0 Å². The molecule has 0 aliphatic carbocycles. The third-order valence-corrected chi connectivity index (χ3v) is 0.995. The zero-order chi connectivity index (χ0) is 8.91. The predicted molar refractivity (Wildman–Crippen MR) is 43.9 cm³/mol. The minimum absolute atomic E-state index is 0.154. The Morgan fingerprint density at radius 1 is 1.45 bits per heavy atom. The van der Waals surface area contributed by atoms with E-state index in [-0.39, 0.29) is 5.41 Å². The van der Waals surface area contributed by atoms with Crippen molar-refractivity contribution in [3.05, 3.63) is 0 Å². The van der Waals surface area contributed by atoms with Crippen molar-refractivity contribution in [1.29, 1.82) is 0 Å². The summed E-state index contributed by atoms with van der Waals surface area (Å²) in [6, 6.07) is 0. The van der Waals surface area contributed by atoms with Gasteiger partial charge in [0, 0.05) is 12.3 Å². The molecular weight excluding hydrogens is 140 g/mol. The van der Waals surface area contributed by atoms with Crippen LogP contribution in [0.4, 0.5) is 0 Å². The first-order chi connectivity index (χ1) is 4.95. The van der Waals surface area contributed by atoms with Crippen molar-refractivity contribution in [3.8, 4) is 11.8 Å². The van der Waals surface area contributed by atoms with Crippen LogP contribution in [-0.4, -0.2) is 13.1 Å². The summed E-state index contributed by atoms with van der Waals surface area (Å²) in [6.45, 7) is 6.21. The maximum absolute atomic E-state index is 10.5. The second-order valence-electron chi connectivity index (χ2n) is 3.53. The van der Waals surface area contributed by atoms with Crippen molar-refractivity contribution in [2.75, 3.05) is 7.11 Å². The zero-order valence-electron chi connectivity index (χ0n) is 7.52. The monoisotopic (exact) mass is 154 g/mol. The third kappa shape index (κ3) is 6.92. The molecule has 0 N–H and O–H groups in total. The number of carbonyl (C=O) groups excluding carboxylic acids is 1. The molecule has 2 nitrogen and oxygen atoms in total. The molecule has 0 aromatic rings. The van der Waals surface area contributed by atoms with Gasteiger partial charge in [-0.25, -0.2) is 4.79 Å². The maximum Gasteiger partial charge on any atom is 0.384 e. The van der Waals surface area contributed by atoms with Gasteiger partial charge in [0.2, 0.25) is 0 Å². The van der Waals surface area contributed by atoms with Crippen LogP contribution in [0.15, 0.2) is 0 Å². The highest BCUT2D eigenvalue weighted by Gasteiger charge is 2.06. The SMILES string of the molecule is COC(=O)C#CCC(C)(C)C. The summed E-state index contributed by atoms with van der Waals surface area (Å²) >= 11 is 0. The van der Waals surface area contributed by atoms with Crippen LogP contribution in [0.3, 0.4) is 0 Å². The molecule has 0 aliphatic heterocycles. The molecule has 11 heavy (non-hydrogen) atoms. The molecule has 0 atom stereocenters. The maximum atomic E-state index is 10.5. The average molecular weight is 154 g/mol. The fraction of sp³-hybridized carbons (Fsp3) is 0.667. The molecule has 0 heterocycles. The van der Waals surface area contributed by atoms with E-state index in [4.69, 9.17) is 0 Å². The van der Waals surface area contributed by atoms with Gasteiger partial charge in [-0.2, -0.15) is 0 Å². The minimum atomic E-state index is -0.464. The van der Waals surface area contributed by atoms with Gasteiger partial charge in [0.25, 0.3) is 0 Å². The van der Waals surface area contributed by atoms with Crippen LogP contribution >= 0.6 is 0 Å². The number of hydrogen-bond acceptors (Lipinski definition) is 2. The van der Waals surface area contributed by atoms with Crippen molar-refractivity contribution < 1.29 is 9.53 Å². The number of rotatable bonds is 0. The molecule has 0 unspecified atom stereocenters. The van der Waals surface area contributed by atoms with Crippen molar-refractivity contribution in [3.63, 3.8) is 0 Å². The van der Waals surface area contributed by atoms with Crippen molar-refractivity contribution in [2.45, 2.75) is 27.2 Å². The average Bonchev–Trinajstić information content (AvgIpc) is 1.85. The quantitative estimate of drug-likeness (QED) is 0.301. The van der Waals surface area contributed by atoms with Crippen molar-refractivity contribution in [1.82, 2.24) is 0 Å². The molecule has 0 saturated carbocycles. The summed E-state index contributed by atoms with van der Waals surface area (Å²) in [4.78, 5) is 10.5.